The van der Waals surface area contributed by atoms with Crippen molar-refractivity contribution in [2.45, 2.75) is 58.8 Å². The summed E-state index contributed by atoms with van der Waals surface area (Å²) in [6.07, 6.45) is 3.30. The van der Waals surface area contributed by atoms with Gasteiger partial charge >= 0.3 is 0 Å². The highest BCUT2D eigenvalue weighted by Crippen LogP contribution is 2.47. The van der Waals surface area contributed by atoms with Crippen LogP contribution in [-0.2, 0) is 11.3 Å². The lowest BCUT2D eigenvalue weighted by Gasteiger charge is -2.37. The van der Waals surface area contributed by atoms with Gasteiger partial charge in [-0.2, -0.15) is 0 Å². The molecule has 0 amide bonds. The molecule has 2 aliphatic rings. The van der Waals surface area contributed by atoms with E-state index >= 15 is 0 Å². The summed E-state index contributed by atoms with van der Waals surface area (Å²) in [6.45, 7) is 9.49. The van der Waals surface area contributed by atoms with E-state index in [9.17, 15) is 9.50 Å². The number of likely N-dealkylation sites (tertiary alicyclic amines) is 1. The number of ether oxygens (including phenoxy) is 1. The highest BCUT2D eigenvalue weighted by molar-refractivity contribution is 5.16. The van der Waals surface area contributed by atoms with Crippen LogP contribution in [0, 0.1) is 16.6 Å². The van der Waals surface area contributed by atoms with Gasteiger partial charge in [0.2, 0.25) is 0 Å². The summed E-state index contributed by atoms with van der Waals surface area (Å²) in [5.74, 6) is -0.249. The Labute approximate surface area is 144 Å². The molecule has 0 spiro atoms. The molecule has 134 valence electrons. The average Bonchev–Trinajstić information content (AvgIpc) is 2.69. The summed E-state index contributed by atoms with van der Waals surface area (Å²) in [6, 6.07) is 7.28. The summed E-state index contributed by atoms with van der Waals surface area (Å²) in [5, 5.41) is 10.4. The summed E-state index contributed by atoms with van der Waals surface area (Å²) in [4.78, 5) is 1.52. The topological polar surface area (TPSA) is 33.9 Å². The van der Waals surface area contributed by atoms with Crippen molar-refractivity contribution in [3.8, 4) is 0 Å². The van der Waals surface area contributed by atoms with Crippen molar-refractivity contribution < 1.29 is 19.1 Å². The fourth-order valence-electron chi connectivity index (χ4n) is 5.27. The fraction of sp³-hybridized carbons (Fsp3) is 0.700. The summed E-state index contributed by atoms with van der Waals surface area (Å²) >= 11 is 0. The molecule has 1 heterocycles. The molecule has 1 aliphatic heterocycles. The van der Waals surface area contributed by atoms with Crippen molar-refractivity contribution in [2.75, 3.05) is 19.7 Å². The van der Waals surface area contributed by atoms with Crippen molar-refractivity contribution in [1.29, 1.82) is 0 Å². The first-order chi connectivity index (χ1) is 11.3. The van der Waals surface area contributed by atoms with E-state index in [1.807, 2.05) is 0 Å². The number of halogens is 1. The maximum atomic E-state index is 13.6. The second-order valence-corrected chi connectivity index (χ2v) is 9.06. The third-order valence-corrected chi connectivity index (χ3v) is 5.70. The maximum absolute atomic E-state index is 13.6. The molecule has 4 atom stereocenters. The first-order valence-corrected chi connectivity index (χ1v) is 9.10. The number of fused-ring (bicyclic) bond motifs is 2. The van der Waals surface area contributed by atoms with Crippen LogP contribution in [0.5, 0.6) is 0 Å². The quantitative estimate of drug-likeness (QED) is 0.835. The number of aliphatic hydroxyl groups excluding tert-OH is 1. The van der Waals surface area contributed by atoms with Crippen LogP contribution in [0.4, 0.5) is 4.39 Å². The molecule has 1 saturated heterocycles. The van der Waals surface area contributed by atoms with Crippen LogP contribution in [-0.4, -0.2) is 36.9 Å². The van der Waals surface area contributed by atoms with E-state index in [1.165, 1.54) is 30.2 Å². The molecule has 4 heteroatoms. The van der Waals surface area contributed by atoms with Crippen molar-refractivity contribution >= 4 is 0 Å². The highest BCUT2D eigenvalue weighted by Gasteiger charge is 2.52. The second-order valence-electron chi connectivity index (χ2n) is 9.06. The van der Waals surface area contributed by atoms with E-state index in [4.69, 9.17) is 4.74 Å². The molecule has 2 fully saturated rings. The Hall–Kier alpha value is -0.970. The Balaban J connectivity index is 1.47. The van der Waals surface area contributed by atoms with Crippen LogP contribution >= 0.6 is 0 Å². The molecule has 3 nitrogen and oxygen atoms in total. The smallest absolute Gasteiger partial charge is 0.128 e. The van der Waals surface area contributed by atoms with Crippen molar-refractivity contribution in [3.63, 3.8) is 0 Å². The van der Waals surface area contributed by atoms with Crippen LogP contribution in [0.15, 0.2) is 24.3 Å². The standard InChI is InChI=1S/C20H30FNO2/c1-19(2)8-16-9-20(3,13-19)14-22(16)10-17(23)12-24-11-15-6-4-5-7-18(15)21/h4-7,16-17,23H,8-14H2,1-3H3/p+1/t16-,17-,20-/m1/s1. The lowest BCUT2D eigenvalue weighted by atomic mass is 9.65. The highest BCUT2D eigenvalue weighted by atomic mass is 19.1. The normalized spacial score (nSPS) is 32.7. The molecule has 2 N–H and O–H groups in total. The predicted octanol–water partition coefficient (Wildman–Crippen LogP) is 2.19. The van der Waals surface area contributed by atoms with E-state index in [0.717, 1.165) is 13.1 Å². The molecule has 3 rings (SSSR count). The van der Waals surface area contributed by atoms with Crippen LogP contribution in [0.25, 0.3) is 0 Å². The van der Waals surface area contributed by atoms with Crippen molar-refractivity contribution in [2.24, 2.45) is 10.8 Å². The Bertz CT molecular complexity index is 577. The van der Waals surface area contributed by atoms with E-state index in [0.29, 0.717) is 22.4 Å². The zero-order chi connectivity index (χ0) is 17.4. The zero-order valence-electron chi connectivity index (χ0n) is 15.1. The number of nitrogens with one attached hydrogen (secondary N) is 1. The number of hydrogen-bond acceptors (Lipinski definition) is 2. The predicted molar refractivity (Wildman–Crippen MR) is 92.3 cm³/mol. The second kappa shape index (κ2) is 6.74. The molecule has 2 bridgehead atoms. The minimum Gasteiger partial charge on any atom is -0.385 e. The Morgan fingerprint density at radius 1 is 1.29 bits per heavy atom. The first-order valence-electron chi connectivity index (χ1n) is 9.10. The van der Waals surface area contributed by atoms with E-state index < -0.39 is 6.10 Å². The SMILES string of the molecule is CC1(C)C[C@@H]2C[C@@](C)(C[NH+]2C[C@@H](O)COCc2ccccc2F)C1. The monoisotopic (exact) mass is 336 g/mol. The third kappa shape index (κ3) is 4.16. The molecule has 1 aromatic carbocycles. The van der Waals surface area contributed by atoms with Gasteiger partial charge < -0.3 is 14.7 Å². The van der Waals surface area contributed by atoms with Gasteiger partial charge in [-0.25, -0.2) is 4.39 Å². The zero-order valence-corrected chi connectivity index (χ0v) is 15.1. The van der Waals surface area contributed by atoms with Crippen molar-refractivity contribution in [3.05, 3.63) is 35.6 Å². The molecule has 0 radical (unpaired) electrons. The third-order valence-electron chi connectivity index (χ3n) is 5.70. The van der Waals surface area contributed by atoms with Crippen LogP contribution in [0.2, 0.25) is 0 Å². The van der Waals surface area contributed by atoms with Gasteiger partial charge in [-0.1, -0.05) is 39.0 Å². The maximum Gasteiger partial charge on any atom is 0.128 e. The molecule has 1 aromatic rings. The van der Waals surface area contributed by atoms with Crippen LogP contribution in [0.1, 0.15) is 45.6 Å². The summed E-state index contributed by atoms with van der Waals surface area (Å²) < 4.78 is 19.1. The molecule has 24 heavy (non-hydrogen) atoms. The fourth-order valence-corrected chi connectivity index (χ4v) is 5.27. The van der Waals surface area contributed by atoms with Crippen LogP contribution in [0.3, 0.4) is 0 Å². The summed E-state index contributed by atoms with van der Waals surface area (Å²) in [7, 11) is 0. The van der Waals surface area contributed by atoms with Gasteiger partial charge in [0, 0.05) is 23.8 Å². The van der Waals surface area contributed by atoms with Gasteiger partial charge in [0.1, 0.15) is 18.5 Å². The number of aliphatic hydroxyl groups is 1. The number of rotatable bonds is 6. The first kappa shape index (κ1) is 17.8. The molecular weight excluding hydrogens is 305 g/mol. The largest absolute Gasteiger partial charge is 0.385 e. The Morgan fingerprint density at radius 2 is 2.04 bits per heavy atom. The Morgan fingerprint density at radius 3 is 2.79 bits per heavy atom. The van der Waals surface area contributed by atoms with Crippen LogP contribution < -0.4 is 4.90 Å². The van der Waals surface area contributed by atoms with Gasteiger partial charge in [-0.15, -0.1) is 0 Å². The van der Waals surface area contributed by atoms with Gasteiger partial charge in [0.15, 0.2) is 0 Å². The average molecular weight is 336 g/mol. The van der Waals surface area contributed by atoms with Gasteiger partial charge in [-0.05, 0) is 17.9 Å². The molecular formula is C20H31FNO2+. The minimum atomic E-state index is -0.488. The number of quaternary nitrogens is 1. The lowest BCUT2D eigenvalue weighted by molar-refractivity contribution is -0.917. The molecule has 1 unspecified atom stereocenters. The van der Waals surface area contributed by atoms with Gasteiger partial charge in [0.25, 0.3) is 0 Å². The molecule has 0 aromatic heterocycles. The van der Waals surface area contributed by atoms with Crippen molar-refractivity contribution in [1.82, 2.24) is 0 Å². The minimum absolute atomic E-state index is 0.216. The van der Waals surface area contributed by atoms with E-state index in [2.05, 4.69) is 20.8 Å². The van der Waals surface area contributed by atoms with Gasteiger partial charge in [0.05, 0.1) is 25.8 Å². The van der Waals surface area contributed by atoms with E-state index in [-0.39, 0.29) is 19.0 Å². The number of benzene rings is 1. The Kier molecular flexibility index (Phi) is 5.01. The lowest BCUT2D eigenvalue weighted by Crippen LogP contribution is -3.15. The molecule has 1 saturated carbocycles. The number of hydrogen-bond donors (Lipinski definition) is 2. The van der Waals surface area contributed by atoms with E-state index in [1.54, 1.807) is 18.2 Å². The molecule has 1 aliphatic carbocycles. The van der Waals surface area contributed by atoms with Gasteiger partial charge in [-0.3, -0.25) is 0 Å². The summed E-state index contributed by atoms with van der Waals surface area (Å²) in [5.41, 5.74) is 1.37.